The molecule has 44 heavy (non-hydrogen) atoms. The zero-order chi connectivity index (χ0) is 31.2. The summed E-state index contributed by atoms with van der Waals surface area (Å²) in [6.45, 7) is -1.06. The van der Waals surface area contributed by atoms with Gasteiger partial charge in [-0.05, 0) is 66.7 Å². The first-order valence-corrected chi connectivity index (χ1v) is 13.5. The molecule has 4 aromatic carbocycles. The number of amides is 3. The maximum atomic E-state index is 14.3. The number of aromatic nitrogens is 1. The van der Waals surface area contributed by atoms with Crippen molar-refractivity contribution in [1.29, 1.82) is 0 Å². The zero-order valence-corrected chi connectivity index (χ0v) is 23.5. The molecule has 0 saturated carbocycles. The van der Waals surface area contributed by atoms with Crippen molar-refractivity contribution in [3.63, 3.8) is 0 Å². The Kier molecular flexibility index (Phi) is 8.94. The van der Waals surface area contributed by atoms with Gasteiger partial charge in [0.25, 0.3) is 5.91 Å². The molecule has 0 saturated heterocycles. The number of carbonyl (C=O) groups excluding carboxylic acids is 3. The van der Waals surface area contributed by atoms with Gasteiger partial charge < -0.3 is 24.8 Å². The van der Waals surface area contributed by atoms with Crippen LogP contribution in [0.4, 0.5) is 18.9 Å². The van der Waals surface area contributed by atoms with E-state index in [1.807, 2.05) is 0 Å². The highest BCUT2D eigenvalue weighted by Gasteiger charge is 2.25. The molecule has 3 amide bonds. The average molecular weight is 601 g/mol. The van der Waals surface area contributed by atoms with E-state index in [9.17, 15) is 27.6 Å². The second kappa shape index (κ2) is 13.2. The molecule has 0 unspecified atom stereocenters. The summed E-state index contributed by atoms with van der Waals surface area (Å²) in [5, 5.41) is 3.13. The van der Waals surface area contributed by atoms with E-state index in [1.165, 1.54) is 66.5 Å². The van der Waals surface area contributed by atoms with Crippen molar-refractivity contribution < 1.29 is 32.3 Å². The van der Waals surface area contributed by atoms with Crippen molar-refractivity contribution in [1.82, 2.24) is 14.8 Å². The number of aromatic amines is 1. The first-order chi connectivity index (χ1) is 21.2. The molecule has 0 atom stereocenters. The largest absolute Gasteiger partial charge is 0.457 e. The summed E-state index contributed by atoms with van der Waals surface area (Å²) in [6, 6.07) is 23.7. The SMILES string of the molecule is CN(Cc1ccccc1F)C(=O)CN(CC(=O)Nc1ccc(Oc2ccc(F)cc2)cc1)C(=O)c1cc2cccc(F)c2[nH]1. The summed E-state index contributed by atoms with van der Waals surface area (Å²) in [4.78, 5) is 44.8. The molecule has 0 bridgehead atoms. The minimum atomic E-state index is -0.702. The quantitative estimate of drug-likeness (QED) is 0.202. The minimum absolute atomic E-state index is 0.00949. The standard InChI is InChI=1S/C33H27F3N4O4/c1-39(18-22-5-2-3-7-27(22)35)31(42)20-40(33(43)29-17-21-6-4-8-28(36)32(21)38-29)19-30(41)37-24-11-15-26(16-12-24)44-25-13-9-23(34)10-14-25/h2-17,38H,18-20H2,1H3,(H,37,41). The molecule has 0 aliphatic carbocycles. The number of para-hydroxylation sites is 1. The highest BCUT2D eigenvalue weighted by Crippen LogP contribution is 2.24. The number of nitrogens with one attached hydrogen (secondary N) is 2. The van der Waals surface area contributed by atoms with Crippen LogP contribution in [-0.2, 0) is 16.1 Å². The number of likely N-dealkylation sites (N-methyl/N-ethyl adjacent to an activating group) is 1. The van der Waals surface area contributed by atoms with Gasteiger partial charge in [-0.3, -0.25) is 14.4 Å². The van der Waals surface area contributed by atoms with Crippen LogP contribution in [0.2, 0.25) is 0 Å². The molecule has 11 heteroatoms. The number of carbonyl (C=O) groups is 3. The van der Waals surface area contributed by atoms with E-state index < -0.39 is 48.3 Å². The predicted octanol–water partition coefficient (Wildman–Crippen LogP) is 6.12. The number of halogens is 3. The van der Waals surface area contributed by atoms with E-state index in [1.54, 1.807) is 42.5 Å². The molecule has 0 aliphatic rings. The van der Waals surface area contributed by atoms with Crippen LogP contribution in [0.5, 0.6) is 11.5 Å². The monoisotopic (exact) mass is 600 g/mol. The van der Waals surface area contributed by atoms with Gasteiger partial charge in [0.1, 0.15) is 47.7 Å². The number of rotatable bonds is 10. The van der Waals surface area contributed by atoms with E-state index >= 15 is 0 Å². The van der Waals surface area contributed by atoms with E-state index in [2.05, 4.69) is 10.3 Å². The number of anilines is 1. The number of H-pyrrole nitrogens is 1. The second-order valence-corrected chi connectivity index (χ2v) is 10.0. The van der Waals surface area contributed by atoms with Crippen molar-refractivity contribution in [2.75, 3.05) is 25.5 Å². The number of benzene rings is 4. The Morgan fingerprint density at radius 3 is 2.14 bits per heavy atom. The van der Waals surface area contributed by atoms with Gasteiger partial charge in [0, 0.05) is 30.2 Å². The van der Waals surface area contributed by atoms with Crippen LogP contribution in [0.15, 0.2) is 97.1 Å². The minimum Gasteiger partial charge on any atom is -0.457 e. The molecule has 0 radical (unpaired) electrons. The molecule has 224 valence electrons. The Morgan fingerprint density at radius 2 is 1.45 bits per heavy atom. The van der Waals surface area contributed by atoms with Crippen molar-refractivity contribution in [3.05, 3.63) is 126 Å². The molecule has 5 rings (SSSR count). The Hall–Kier alpha value is -5.58. The molecule has 0 aliphatic heterocycles. The van der Waals surface area contributed by atoms with Crippen LogP contribution in [0.3, 0.4) is 0 Å². The van der Waals surface area contributed by atoms with E-state index in [4.69, 9.17) is 4.74 Å². The first kappa shape index (κ1) is 29.9. The average Bonchev–Trinajstić information content (AvgIpc) is 3.45. The Labute approximate surface area is 250 Å². The fourth-order valence-electron chi connectivity index (χ4n) is 4.48. The molecule has 1 heterocycles. The van der Waals surface area contributed by atoms with Gasteiger partial charge in [0.05, 0.1) is 5.52 Å². The molecule has 0 fully saturated rings. The fraction of sp³-hybridized carbons (Fsp3) is 0.121. The van der Waals surface area contributed by atoms with Gasteiger partial charge in [-0.2, -0.15) is 0 Å². The summed E-state index contributed by atoms with van der Waals surface area (Å²) >= 11 is 0. The number of hydrogen-bond acceptors (Lipinski definition) is 4. The predicted molar refractivity (Wildman–Crippen MR) is 159 cm³/mol. The highest BCUT2D eigenvalue weighted by molar-refractivity contribution is 6.02. The Morgan fingerprint density at radius 1 is 0.795 bits per heavy atom. The van der Waals surface area contributed by atoms with Crippen LogP contribution in [-0.4, -0.2) is 52.6 Å². The van der Waals surface area contributed by atoms with Crippen LogP contribution in [0.25, 0.3) is 10.9 Å². The number of nitrogens with zero attached hydrogens (tertiary/aromatic N) is 2. The summed E-state index contributed by atoms with van der Waals surface area (Å²) in [5.74, 6) is -2.40. The topological polar surface area (TPSA) is 94.7 Å². The van der Waals surface area contributed by atoms with Gasteiger partial charge >= 0.3 is 0 Å². The lowest BCUT2D eigenvalue weighted by Gasteiger charge is -2.25. The number of fused-ring (bicyclic) bond motifs is 1. The lowest BCUT2D eigenvalue weighted by Crippen LogP contribution is -2.45. The van der Waals surface area contributed by atoms with Crippen LogP contribution in [0.1, 0.15) is 16.1 Å². The van der Waals surface area contributed by atoms with Crippen molar-refractivity contribution in [3.8, 4) is 11.5 Å². The fourth-order valence-corrected chi connectivity index (χ4v) is 4.48. The molecule has 2 N–H and O–H groups in total. The number of hydrogen-bond donors (Lipinski definition) is 2. The summed E-state index contributed by atoms with van der Waals surface area (Å²) < 4.78 is 47.3. The van der Waals surface area contributed by atoms with Crippen LogP contribution < -0.4 is 10.1 Å². The van der Waals surface area contributed by atoms with Gasteiger partial charge in [-0.1, -0.05) is 30.3 Å². The second-order valence-electron chi connectivity index (χ2n) is 10.0. The van der Waals surface area contributed by atoms with Gasteiger partial charge in [0.2, 0.25) is 11.8 Å². The van der Waals surface area contributed by atoms with Crippen molar-refractivity contribution >= 4 is 34.3 Å². The summed E-state index contributed by atoms with van der Waals surface area (Å²) in [6.07, 6.45) is 0. The molecular formula is C33H27F3N4O4. The summed E-state index contributed by atoms with van der Waals surface area (Å²) in [5.41, 5.74) is 0.789. The van der Waals surface area contributed by atoms with Gasteiger partial charge in [-0.15, -0.1) is 0 Å². The van der Waals surface area contributed by atoms with E-state index in [0.29, 0.717) is 22.6 Å². The van der Waals surface area contributed by atoms with Gasteiger partial charge in [0.15, 0.2) is 0 Å². The van der Waals surface area contributed by atoms with Crippen LogP contribution >= 0.6 is 0 Å². The zero-order valence-electron chi connectivity index (χ0n) is 23.5. The highest BCUT2D eigenvalue weighted by atomic mass is 19.1. The normalized spacial score (nSPS) is 10.8. The Bertz CT molecular complexity index is 1810. The van der Waals surface area contributed by atoms with Crippen molar-refractivity contribution in [2.24, 2.45) is 0 Å². The molecule has 1 aromatic heterocycles. The first-order valence-electron chi connectivity index (χ1n) is 13.5. The lowest BCUT2D eigenvalue weighted by molar-refractivity contribution is -0.131. The van der Waals surface area contributed by atoms with E-state index in [0.717, 1.165) is 4.90 Å². The summed E-state index contributed by atoms with van der Waals surface area (Å²) in [7, 11) is 1.46. The van der Waals surface area contributed by atoms with Crippen LogP contribution in [0, 0.1) is 17.5 Å². The number of ether oxygens (including phenoxy) is 1. The van der Waals surface area contributed by atoms with Gasteiger partial charge in [-0.25, -0.2) is 13.2 Å². The molecule has 0 spiro atoms. The maximum absolute atomic E-state index is 14.3. The third-order valence-electron chi connectivity index (χ3n) is 6.76. The maximum Gasteiger partial charge on any atom is 0.271 e. The van der Waals surface area contributed by atoms with E-state index in [-0.39, 0.29) is 23.3 Å². The molecule has 8 nitrogen and oxygen atoms in total. The smallest absolute Gasteiger partial charge is 0.271 e. The molecule has 5 aromatic rings. The lowest BCUT2D eigenvalue weighted by atomic mass is 10.2. The third-order valence-corrected chi connectivity index (χ3v) is 6.76. The third kappa shape index (κ3) is 7.24. The molecular weight excluding hydrogens is 573 g/mol. The Balaban J connectivity index is 1.30. The van der Waals surface area contributed by atoms with Crippen molar-refractivity contribution in [2.45, 2.75) is 6.54 Å².